The van der Waals surface area contributed by atoms with Gasteiger partial charge in [-0.2, -0.15) is 0 Å². The van der Waals surface area contributed by atoms with Gasteiger partial charge in [-0.15, -0.1) is 11.8 Å². The van der Waals surface area contributed by atoms with Crippen LogP contribution in [-0.4, -0.2) is 5.75 Å². The topological polar surface area (TPSA) is 26.0 Å². The summed E-state index contributed by atoms with van der Waals surface area (Å²) < 4.78 is 12.9. The molecule has 2 N–H and O–H groups in total. The van der Waals surface area contributed by atoms with Crippen molar-refractivity contribution in [2.24, 2.45) is 5.92 Å². The van der Waals surface area contributed by atoms with E-state index in [1.165, 1.54) is 18.9 Å². The highest BCUT2D eigenvalue weighted by Crippen LogP contribution is 2.35. The highest BCUT2D eigenvalue weighted by Gasteiger charge is 2.21. The zero-order valence-electron chi connectivity index (χ0n) is 7.29. The summed E-state index contributed by atoms with van der Waals surface area (Å²) in [4.78, 5) is 0.949. The minimum absolute atomic E-state index is 0.238. The second-order valence-electron chi connectivity index (χ2n) is 3.47. The van der Waals surface area contributed by atoms with Crippen LogP contribution in [0.25, 0.3) is 0 Å². The Bertz CT molecular complexity index is 290. The molecule has 0 saturated heterocycles. The van der Waals surface area contributed by atoms with Gasteiger partial charge in [0.2, 0.25) is 0 Å². The van der Waals surface area contributed by atoms with E-state index in [0.29, 0.717) is 5.69 Å². The molecule has 0 amide bonds. The van der Waals surface area contributed by atoms with Crippen LogP contribution in [-0.2, 0) is 0 Å². The molecule has 3 heteroatoms. The first-order valence-corrected chi connectivity index (χ1v) is 5.41. The molecule has 2 rings (SSSR count). The summed E-state index contributed by atoms with van der Waals surface area (Å²) in [5.41, 5.74) is 6.04. The number of anilines is 1. The number of thioether (sulfide) groups is 1. The maximum absolute atomic E-state index is 12.9. The molecule has 0 aromatic heterocycles. The monoisotopic (exact) mass is 197 g/mol. The van der Waals surface area contributed by atoms with Crippen LogP contribution in [0.4, 0.5) is 10.1 Å². The Morgan fingerprint density at radius 3 is 2.77 bits per heavy atom. The van der Waals surface area contributed by atoms with Gasteiger partial charge in [0.25, 0.3) is 0 Å². The fourth-order valence-corrected chi connectivity index (χ4v) is 2.34. The number of rotatable bonds is 3. The molecule has 0 spiro atoms. The van der Waals surface area contributed by atoms with Gasteiger partial charge >= 0.3 is 0 Å². The third-order valence-electron chi connectivity index (χ3n) is 2.08. The van der Waals surface area contributed by atoms with E-state index in [-0.39, 0.29) is 5.82 Å². The van der Waals surface area contributed by atoms with Crippen molar-refractivity contribution in [2.45, 2.75) is 17.7 Å². The predicted molar refractivity (Wildman–Crippen MR) is 54.3 cm³/mol. The third-order valence-corrected chi connectivity index (χ3v) is 3.28. The fraction of sp³-hybridized carbons (Fsp3) is 0.400. The van der Waals surface area contributed by atoms with Gasteiger partial charge in [-0.25, -0.2) is 4.39 Å². The van der Waals surface area contributed by atoms with Crippen molar-refractivity contribution in [1.82, 2.24) is 0 Å². The molecule has 1 aliphatic carbocycles. The van der Waals surface area contributed by atoms with Gasteiger partial charge in [-0.05, 0) is 37.0 Å². The first-order valence-electron chi connectivity index (χ1n) is 4.43. The van der Waals surface area contributed by atoms with Crippen molar-refractivity contribution in [3.05, 3.63) is 24.0 Å². The average molecular weight is 197 g/mol. The van der Waals surface area contributed by atoms with Crippen molar-refractivity contribution < 1.29 is 4.39 Å². The Labute approximate surface area is 81.5 Å². The van der Waals surface area contributed by atoms with E-state index in [0.717, 1.165) is 16.6 Å². The van der Waals surface area contributed by atoms with Gasteiger partial charge in [-0.3, -0.25) is 0 Å². The van der Waals surface area contributed by atoms with Crippen molar-refractivity contribution in [2.75, 3.05) is 11.5 Å². The molecule has 1 saturated carbocycles. The van der Waals surface area contributed by atoms with Crippen LogP contribution >= 0.6 is 11.8 Å². The molecule has 1 aliphatic rings. The summed E-state index contributed by atoms with van der Waals surface area (Å²) >= 11 is 1.70. The highest BCUT2D eigenvalue weighted by molar-refractivity contribution is 7.99. The maximum atomic E-state index is 12.9. The lowest BCUT2D eigenvalue weighted by Gasteiger charge is -2.01. The minimum atomic E-state index is -0.238. The Balaban J connectivity index is 2.01. The molecular formula is C10H12FNS. The summed E-state index contributed by atoms with van der Waals surface area (Å²) in [7, 11) is 0. The molecule has 0 atom stereocenters. The molecule has 0 bridgehead atoms. The smallest absolute Gasteiger partial charge is 0.126 e. The lowest BCUT2D eigenvalue weighted by Crippen LogP contribution is -1.88. The van der Waals surface area contributed by atoms with E-state index in [9.17, 15) is 4.39 Å². The van der Waals surface area contributed by atoms with Gasteiger partial charge in [0.05, 0.1) is 0 Å². The van der Waals surface area contributed by atoms with E-state index in [2.05, 4.69) is 0 Å². The number of hydrogen-bond acceptors (Lipinski definition) is 2. The van der Waals surface area contributed by atoms with E-state index >= 15 is 0 Å². The number of benzene rings is 1. The highest BCUT2D eigenvalue weighted by atomic mass is 32.2. The SMILES string of the molecule is Nc1cc(F)cc(SCC2CC2)c1. The lowest BCUT2D eigenvalue weighted by atomic mass is 10.3. The molecule has 0 radical (unpaired) electrons. The first-order chi connectivity index (χ1) is 6.24. The Morgan fingerprint density at radius 2 is 2.15 bits per heavy atom. The van der Waals surface area contributed by atoms with Gasteiger partial charge in [0.15, 0.2) is 0 Å². The van der Waals surface area contributed by atoms with Crippen molar-refractivity contribution in [3.63, 3.8) is 0 Å². The minimum Gasteiger partial charge on any atom is -0.399 e. The second-order valence-corrected chi connectivity index (χ2v) is 4.57. The van der Waals surface area contributed by atoms with E-state index in [4.69, 9.17) is 5.73 Å². The van der Waals surface area contributed by atoms with Crippen molar-refractivity contribution >= 4 is 17.4 Å². The fourth-order valence-electron chi connectivity index (χ4n) is 1.17. The molecular weight excluding hydrogens is 185 g/mol. The van der Waals surface area contributed by atoms with Gasteiger partial charge < -0.3 is 5.73 Å². The van der Waals surface area contributed by atoms with Crippen molar-refractivity contribution in [3.8, 4) is 0 Å². The predicted octanol–water partition coefficient (Wildman–Crippen LogP) is 2.91. The van der Waals surface area contributed by atoms with Crippen LogP contribution in [0.2, 0.25) is 0 Å². The molecule has 1 fully saturated rings. The molecule has 70 valence electrons. The number of halogens is 1. The molecule has 0 heterocycles. The molecule has 0 aliphatic heterocycles. The quantitative estimate of drug-likeness (QED) is 0.595. The van der Waals surface area contributed by atoms with Crippen LogP contribution < -0.4 is 5.73 Å². The van der Waals surface area contributed by atoms with Crippen LogP contribution in [0.15, 0.2) is 23.1 Å². The number of nitrogens with two attached hydrogens (primary N) is 1. The van der Waals surface area contributed by atoms with Crippen LogP contribution in [0, 0.1) is 11.7 Å². The summed E-state index contributed by atoms with van der Waals surface area (Å²) in [6.07, 6.45) is 2.66. The summed E-state index contributed by atoms with van der Waals surface area (Å²) in [5, 5.41) is 0. The molecule has 0 unspecified atom stereocenters. The Hall–Kier alpha value is -0.700. The van der Waals surface area contributed by atoms with Gasteiger partial charge in [0, 0.05) is 16.3 Å². The summed E-state index contributed by atoms with van der Waals surface area (Å²) in [6, 6.07) is 4.72. The van der Waals surface area contributed by atoms with E-state index in [1.54, 1.807) is 17.8 Å². The Kier molecular flexibility index (Phi) is 2.44. The third kappa shape index (κ3) is 2.62. The van der Waals surface area contributed by atoms with E-state index < -0.39 is 0 Å². The van der Waals surface area contributed by atoms with Gasteiger partial charge in [0.1, 0.15) is 5.82 Å². The normalized spacial score (nSPS) is 16.1. The first kappa shape index (κ1) is 8.88. The van der Waals surface area contributed by atoms with Crippen LogP contribution in [0.3, 0.4) is 0 Å². The molecule has 1 nitrogen and oxygen atoms in total. The molecule has 1 aromatic rings. The van der Waals surface area contributed by atoms with E-state index in [1.807, 2.05) is 6.07 Å². The zero-order valence-corrected chi connectivity index (χ0v) is 8.11. The maximum Gasteiger partial charge on any atom is 0.126 e. The van der Waals surface area contributed by atoms with Gasteiger partial charge in [-0.1, -0.05) is 0 Å². The summed E-state index contributed by atoms with van der Waals surface area (Å²) in [6.45, 7) is 0. The number of nitrogen functional groups attached to an aromatic ring is 1. The van der Waals surface area contributed by atoms with Crippen molar-refractivity contribution in [1.29, 1.82) is 0 Å². The second kappa shape index (κ2) is 3.58. The standard InChI is InChI=1S/C10H12FNS/c11-8-3-9(12)5-10(4-8)13-6-7-1-2-7/h3-5,7H,1-2,6,12H2. The zero-order chi connectivity index (χ0) is 9.26. The lowest BCUT2D eigenvalue weighted by molar-refractivity contribution is 0.625. The number of hydrogen-bond donors (Lipinski definition) is 1. The van der Waals surface area contributed by atoms with Crippen LogP contribution in [0.1, 0.15) is 12.8 Å². The molecule has 1 aromatic carbocycles. The Morgan fingerprint density at radius 1 is 1.38 bits per heavy atom. The largest absolute Gasteiger partial charge is 0.399 e. The van der Waals surface area contributed by atoms with Crippen LogP contribution in [0.5, 0.6) is 0 Å². The molecule has 13 heavy (non-hydrogen) atoms. The average Bonchev–Trinajstić information content (AvgIpc) is 2.81. The summed E-state index contributed by atoms with van der Waals surface area (Å²) in [5.74, 6) is 1.72.